The summed E-state index contributed by atoms with van der Waals surface area (Å²) < 4.78 is 11.4. The van der Waals surface area contributed by atoms with Crippen LogP contribution in [0.2, 0.25) is 0 Å². The maximum atomic E-state index is 12.9. The molecule has 10 heteroatoms. The number of fused-ring (bicyclic) bond motifs is 2. The number of nitrogens with zero attached hydrogens (tertiary/aromatic N) is 4. The number of hydrogen-bond donors (Lipinski definition) is 1. The number of amides is 3. The largest absolute Gasteiger partial charge is 0.444 e. The van der Waals surface area contributed by atoms with Gasteiger partial charge in [-0.15, -0.1) is 10.2 Å². The number of unbranched alkanes of at least 4 members (excludes halogenated alkanes) is 1. The van der Waals surface area contributed by atoms with Crippen molar-refractivity contribution in [3.05, 3.63) is 11.8 Å². The van der Waals surface area contributed by atoms with E-state index in [4.69, 9.17) is 14.0 Å². The zero-order chi connectivity index (χ0) is 22.9. The molecule has 2 saturated heterocycles. The Morgan fingerprint density at radius 2 is 1.97 bits per heavy atom. The summed E-state index contributed by atoms with van der Waals surface area (Å²) in [5.74, 6) is 1.17. The van der Waals surface area contributed by atoms with Crippen molar-refractivity contribution < 1.29 is 23.6 Å². The van der Waals surface area contributed by atoms with Crippen LogP contribution in [0.5, 0.6) is 0 Å². The molecule has 0 radical (unpaired) electrons. The van der Waals surface area contributed by atoms with Gasteiger partial charge in [-0.3, -0.25) is 4.84 Å². The SMILES string of the molecule is CCCCON1C(=O)N2C[C@@H]1CC[C@H]2c1nnc(C2CC[C@H](NC(=O)OC(C)(C)C)C2)o1. The van der Waals surface area contributed by atoms with Crippen LogP contribution < -0.4 is 5.32 Å². The molecule has 3 amide bonds. The fourth-order valence-corrected chi connectivity index (χ4v) is 4.72. The number of aromatic nitrogens is 2. The van der Waals surface area contributed by atoms with Crippen LogP contribution >= 0.6 is 0 Å². The first-order valence-corrected chi connectivity index (χ1v) is 11.8. The lowest BCUT2D eigenvalue weighted by molar-refractivity contribution is -0.130. The van der Waals surface area contributed by atoms with Crippen LogP contribution in [-0.4, -0.2) is 63.1 Å². The van der Waals surface area contributed by atoms with Crippen LogP contribution in [0, 0.1) is 0 Å². The lowest BCUT2D eigenvalue weighted by Gasteiger charge is -2.27. The minimum absolute atomic E-state index is 0.0228. The number of hydrogen-bond acceptors (Lipinski definition) is 7. The van der Waals surface area contributed by atoms with Crippen LogP contribution in [-0.2, 0) is 9.57 Å². The minimum Gasteiger partial charge on any atom is -0.444 e. The summed E-state index contributed by atoms with van der Waals surface area (Å²) in [6.07, 6.45) is 5.61. The minimum atomic E-state index is -0.522. The zero-order valence-electron chi connectivity index (χ0n) is 19.5. The van der Waals surface area contributed by atoms with E-state index in [1.165, 1.54) is 5.06 Å². The third-order valence-corrected chi connectivity index (χ3v) is 6.30. The summed E-state index contributed by atoms with van der Waals surface area (Å²) in [6, 6.07) is -0.213. The Balaban J connectivity index is 1.34. The fraction of sp³-hybridized carbons (Fsp3) is 0.818. The third-order valence-electron chi connectivity index (χ3n) is 6.30. The van der Waals surface area contributed by atoms with Gasteiger partial charge in [-0.25, -0.2) is 9.59 Å². The van der Waals surface area contributed by atoms with Gasteiger partial charge in [0, 0.05) is 18.5 Å². The normalized spacial score (nSPS) is 27.8. The quantitative estimate of drug-likeness (QED) is 0.629. The molecule has 1 N–H and O–H groups in total. The van der Waals surface area contributed by atoms with Gasteiger partial charge < -0.3 is 19.4 Å². The Morgan fingerprint density at radius 3 is 2.72 bits per heavy atom. The van der Waals surface area contributed by atoms with E-state index in [1.54, 1.807) is 4.90 Å². The van der Waals surface area contributed by atoms with Crippen LogP contribution in [0.4, 0.5) is 9.59 Å². The van der Waals surface area contributed by atoms with Crippen LogP contribution in [0.25, 0.3) is 0 Å². The molecule has 1 saturated carbocycles. The highest BCUT2D eigenvalue weighted by Crippen LogP contribution is 2.40. The Kier molecular flexibility index (Phi) is 6.60. The van der Waals surface area contributed by atoms with Crippen molar-refractivity contribution in [2.75, 3.05) is 13.2 Å². The molecule has 1 aromatic heterocycles. The van der Waals surface area contributed by atoms with E-state index in [0.717, 1.165) is 44.9 Å². The number of hydroxylamine groups is 2. The molecule has 178 valence electrons. The first kappa shape index (κ1) is 22.8. The number of piperidine rings is 1. The topological polar surface area (TPSA) is 110 Å². The third kappa shape index (κ3) is 5.00. The number of carbonyl (C=O) groups is 2. The monoisotopic (exact) mass is 449 g/mol. The summed E-state index contributed by atoms with van der Waals surface area (Å²) >= 11 is 0. The highest BCUT2D eigenvalue weighted by molar-refractivity contribution is 5.77. The molecular weight excluding hydrogens is 414 g/mol. The molecule has 0 aromatic carbocycles. The first-order chi connectivity index (χ1) is 15.2. The molecule has 1 unspecified atom stereocenters. The predicted octanol–water partition coefficient (Wildman–Crippen LogP) is 3.90. The molecule has 3 heterocycles. The van der Waals surface area contributed by atoms with Crippen molar-refractivity contribution in [3.8, 4) is 0 Å². The lowest BCUT2D eigenvalue weighted by Crippen LogP contribution is -2.37. The van der Waals surface area contributed by atoms with Gasteiger partial charge in [-0.1, -0.05) is 13.3 Å². The molecular formula is C22H35N5O5. The van der Waals surface area contributed by atoms with E-state index in [1.807, 2.05) is 20.8 Å². The van der Waals surface area contributed by atoms with Crippen LogP contribution in [0.1, 0.15) is 96.4 Å². The van der Waals surface area contributed by atoms with Crippen molar-refractivity contribution in [2.24, 2.45) is 0 Å². The van der Waals surface area contributed by atoms with Gasteiger partial charge in [0.05, 0.1) is 12.6 Å². The van der Waals surface area contributed by atoms with Crippen LogP contribution in [0.15, 0.2) is 4.42 Å². The van der Waals surface area contributed by atoms with Crippen molar-refractivity contribution in [1.29, 1.82) is 0 Å². The summed E-state index contributed by atoms with van der Waals surface area (Å²) in [4.78, 5) is 32.4. The van der Waals surface area contributed by atoms with Gasteiger partial charge in [-0.05, 0) is 59.3 Å². The van der Waals surface area contributed by atoms with E-state index in [9.17, 15) is 9.59 Å². The van der Waals surface area contributed by atoms with E-state index in [0.29, 0.717) is 24.9 Å². The second-order valence-electron chi connectivity index (χ2n) is 10.0. The molecule has 4 rings (SSSR count). The smallest absolute Gasteiger partial charge is 0.407 e. The van der Waals surface area contributed by atoms with Crippen molar-refractivity contribution >= 4 is 12.1 Å². The predicted molar refractivity (Wildman–Crippen MR) is 115 cm³/mol. The second kappa shape index (κ2) is 9.25. The number of nitrogens with one attached hydrogen (secondary N) is 1. The summed E-state index contributed by atoms with van der Waals surface area (Å²) in [5, 5.41) is 13.1. The van der Waals surface area contributed by atoms with Crippen LogP contribution in [0.3, 0.4) is 0 Å². The van der Waals surface area contributed by atoms with Gasteiger partial charge >= 0.3 is 12.1 Å². The van der Waals surface area contributed by atoms with E-state index in [2.05, 4.69) is 22.4 Å². The number of carbonyl (C=O) groups excluding carboxylic acids is 2. The van der Waals surface area contributed by atoms with E-state index < -0.39 is 11.7 Å². The van der Waals surface area contributed by atoms with Gasteiger partial charge in [0.25, 0.3) is 0 Å². The summed E-state index contributed by atoms with van der Waals surface area (Å²) in [7, 11) is 0. The van der Waals surface area contributed by atoms with Crippen molar-refractivity contribution in [2.45, 2.75) is 102 Å². The molecule has 4 atom stereocenters. The number of rotatable bonds is 7. The molecule has 2 aliphatic heterocycles. The Hall–Kier alpha value is -2.36. The Bertz CT molecular complexity index is 822. The molecule has 0 spiro atoms. The molecule has 1 aromatic rings. The van der Waals surface area contributed by atoms with E-state index in [-0.39, 0.29) is 30.1 Å². The number of ether oxygens (including phenoxy) is 1. The van der Waals surface area contributed by atoms with Gasteiger partial charge in [-0.2, -0.15) is 5.06 Å². The second-order valence-corrected chi connectivity index (χ2v) is 10.0. The number of urea groups is 1. The average molecular weight is 450 g/mol. The maximum absolute atomic E-state index is 12.9. The molecule has 32 heavy (non-hydrogen) atoms. The summed E-state index contributed by atoms with van der Waals surface area (Å²) in [5.41, 5.74) is -0.522. The highest BCUT2D eigenvalue weighted by atomic mass is 16.7. The number of alkyl carbamates (subject to hydrolysis) is 1. The van der Waals surface area contributed by atoms with Crippen molar-refractivity contribution in [3.63, 3.8) is 0 Å². The summed E-state index contributed by atoms with van der Waals surface area (Å²) in [6.45, 7) is 8.82. The zero-order valence-corrected chi connectivity index (χ0v) is 19.5. The Labute approximate surface area is 188 Å². The van der Waals surface area contributed by atoms with Gasteiger partial charge in [0.1, 0.15) is 11.6 Å². The molecule has 3 aliphatic rings. The lowest BCUT2D eigenvalue weighted by atomic mass is 10.0. The molecule has 10 nitrogen and oxygen atoms in total. The highest BCUT2D eigenvalue weighted by Gasteiger charge is 2.48. The fourth-order valence-electron chi connectivity index (χ4n) is 4.72. The molecule has 1 aliphatic carbocycles. The average Bonchev–Trinajstić information content (AvgIpc) is 3.43. The first-order valence-electron chi connectivity index (χ1n) is 11.8. The van der Waals surface area contributed by atoms with Crippen molar-refractivity contribution in [1.82, 2.24) is 25.5 Å². The molecule has 3 fully saturated rings. The van der Waals surface area contributed by atoms with E-state index >= 15 is 0 Å². The standard InChI is InChI=1S/C22H35N5O5/c1-5-6-11-30-27-16-9-10-17(26(13-16)21(27)29)19-25-24-18(31-19)14-7-8-15(12-14)23-20(28)32-22(2,3)4/h14-17H,5-13H2,1-4H3,(H,23,28)/t14?,15-,16-,17-/m0/s1. The Morgan fingerprint density at radius 1 is 1.19 bits per heavy atom. The van der Waals surface area contributed by atoms with Gasteiger partial charge in [0.15, 0.2) is 0 Å². The maximum Gasteiger partial charge on any atom is 0.407 e. The van der Waals surface area contributed by atoms with Gasteiger partial charge in [0.2, 0.25) is 11.8 Å². The molecule has 2 bridgehead atoms.